The number of amides is 1. The molecule has 0 spiro atoms. The number of carboxylic acid groups (broad SMARTS) is 1. The molecule has 0 bridgehead atoms. The lowest BCUT2D eigenvalue weighted by molar-refractivity contribution is 0.0540. The molecule has 0 atom stereocenters. The van der Waals surface area contributed by atoms with Crippen molar-refractivity contribution in [3.63, 3.8) is 0 Å². The number of aliphatic hydroxyl groups is 1. The molecule has 1 amide bonds. The lowest BCUT2D eigenvalue weighted by Crippen LogP contribution is -2.40. The predicted octanol–water partition coefficient (Wildman–Crippen LogP) is 0.377. The second-order valence-corrected chi connectivity index (χ2v) is 4.26. The smallest absolute Gasteiger partial charge is 0.337 e. The number of carbonyl (C=O) groups excluding carboxylic acids is 1. The Morgan fingerprint density at radius 2 is 1.94 bits per heavy atom. The fourth-order valence-corrected chi connectivity index (χ4v) is 1.88. The first kappa shape index (κ1) is 12.5. The highest BCUT2D eigenvalue weighted by Gasteiger charge is 2.23. The van der Waals surface area contributed by atoms with E-state index in [1.54, 1.807) is 4.90 Å². The van der Waals surface area contributed by atoms with Crippen LogP contribution in [0.5, 0.6) is 0 Å². The van der Waals surface area contributed by atoms with Crippen molar-refractivity contribution in [3.05, 3.63) is 29.6 Å². The molecule has 0 aromatic carbocycles. The number of aromatic carboxylic acids is 1. The van der Waals surface area contributed by atoms with Crippen LogP contribution < -0.4 is 0 Å². The minimum atomic E-state index is -1.07. The molecule has 96 valence electrons. The summed E-state index contributed by atoms with van der Waals surface area (Å²) >= 11 is 0. The highest BCUT2D eigenvalue weighted by molar-refractivity contribution is 5.93. The summed E-state index contributed by atoms with van der Waals surface area (Å²) in [5.41, 5.74) is 0.289. The van der Waals surface area contributed by atoms with Gasteiger partial charge >= 0.3 is 5.97 Å². The largest absolute Gasteiger partial charge is 0.478 e. The maximum Gasteiger partial charge on any atom is 0.337 e. The molecule has 6 nitrogen and oxygen atoms in total. The Balaban J connectivity index is 2.07. The van der Waals surface area contributed by atoms with E-state index >= 15 is 0 Å². The van der Waals surface area contributed by atoms with Gasteiger partial charge in [-0.05, 0) is 25.0 Å². The van der Waals surface area contributed by atoms with Crippen LogP contribution in [0.2, 0.25) is 0 Å². The van der Waals surface area contributed by atoms with Crippen molar-refractivity contribution in [1.82, 2.24) is 9.88 Å². The van der Waals surface area contributed by atoms with Crippen molar-refractivity contribution in [3.8, 4) is 0 Å². The molecule has 2 heterocycles. The Kier molecular flexibility index (Phi) is 3.57. The molecule has 2 rings (SSSR count). The first-order valence-corrected chi connectivity index (χ1v) is 5.74. The minimum absolute atomic E-state index is 0.0561. The van der Waals surface area contributed by atoms with Crippen LogP contribution in [0.1, 0.15) is 33.7 Å². The number of piperidine rings is 1. The Labute approximate surface area is 104 Å². The number of aliphatic hydroxyl groups excluding tert-OH is 1. The zero-order valence-electron chi connectivity index (χ0n) is 9.74. The minimum Gasteiger partial charge on any atom is -0.478 e. The molecule has 0 saturated carbocycles. The van der Waals surface area contributed by atoms with E-state index < -0.39 is 5.97 Å². The van der Waals surface area contributed by atoms with Crippen LogP contribution >= 0.6 is 0 Å². The third kappa shape index (κ3) is 2.65. The number of hydrogen-bond acceptors (Lipinski definition) is 4. The lowest BCUT2D eigenvalue weighted by atomic mass is 10.1. The molecule has 1 aliphatic rings. The fraction of sp³-hybridized carbons (Fsp3) is 0.417. The second kappa shape index (κ2) is 5.14. The average molecular weight is 250 g/mol. The molecule has 1 aromatic heterocycles. The number of likely N-dealkylation sites (tertiary alicyclic amines) is 1. The zero-order valence-corrected chi connectivity index (χ0v) is 9.74. The van der Waals surface area contributed by atoms with E-state index in [2.05, 4.69) is 4.98 Å². The number of hydrogen-bond donors (Lipinski definition) is 2. The standard InChI is InChI=1S/C12H14N2O4/c15-9-3-5-14(6-4-9)11(16)10-2-1-8(7-13-10)12(17)18/h1-2,7,9,15H,3-6H2,(H,17,18). The molecule has 0 unspecified atom stereocenters. The molecule has 1 aromatic rings. The van der Waals surface area contributed by atoms with Crippen LogP contribution in [0.3, 0.4) is 0 Å². The molecular weight excluding hydrogens is 236 g/mol. The van der Waals surface area contributed by atoms with Crippen molar-refractivity contribution in [2.75, 3.05) is 13.1 Å². The number of carboxylic acids is 1. The van der Waals surface area contributed by atoms with Crippen LogP contribution in [0.25, 0.3) is 0 Å². The lowest BCUT2D eigenvalue weighted by Gasteiger charge is -2.29. The van der Waals surface area contributed by atoms with Gasteiger partial charge in [-0.15, -0.1) is 0 Å². The molecule has 18 heavy (non-hydrogen) atoms. The van der Waals surface area contributed by atoms with Gasteiger partial charge in [-0.1, -0.05) is 0 Å². The number of nitrogens with zero attached hydrogens (tertiary/aromatic N) is 2. The molecule has 6 heteroatoms. The zero-order chi connectivity index (χ0) is 13.1. The first-order chi connectivity index (χ1) is 8.58. The fourth-order valence-electron chi connectivity index (χ4n) is 1.88. The summed E-state index contributed by atoms with van der Waals surface area (Å²) < 4.78 is 0. The van der Waals surface area contributed by atoms with Crippen molar-refractivity contribution in [1.29, 1.82) is 0 Å². The van der Waals surface area contributed by atoms with Crippen LogP contribution in [-0.4, -0.2) is 51.2 Å². The van der Waals surface area contributed by atoms with Crippen LogP contribution in [0.15, 0.2) is 18.3 Å². The van der Waals surface area contributed by atoms with Gasteiger partial charge in [0.05, 0.1) is 11.7 Å². The Morgan fingerprint density at radius 1 is 1.28 bits per heavy atom. The monoisotopic (exact) mass is 250 g/mol. The highest BCUT2D eigenvalue weighted by atomic mass is 16.4. The maximum atomic E-state index is 12.0. The number of aromatic nitrogens is 1. The maximum absolute atomic E-state index is 12.0. The van der Waals surface area contributed by atoms with Crippen molar-refractivity contribution < 1.29 is 19.8 Å². The van der Waals surface area contributed by atoms with E-state index in [0.29, 0.717) is 25.9 Å². The summed E-state index contributed by atoms with van der Waals surface area (Å²) in [6, 6.07) is 2.78. The predicted molar refractivity (Wildman–Crippen MR) is 62.3 cm³/mol. The van der Waals surface area contributed by atoms with Gasteiger partial charge in [0.25, 0.3) is 5.91 Å². The Morgan fingerprint density at radius 3 is 2.44 bits per heavy atom. The third-order valence-corrected chi connectivity index (χ3v) is 2.98. The van der Waals surface area contributed by atoms with Gasteiger partial charge in [0, 0.05) is 19.3 Å². The first-order valence-electron chi connectivity index (χ1n) is 5.74. The van der Waals surface area contributed by atoms with E-state index in [1.807, 2.05) is 0 Å². The quantitative estimate of drug-likeness (QED) is 0.791. The molecule has 0 aliphatic carbocycles. The van der Waals surface area contributed by atoms with E-state index in [1.165, 1.54) is 18.3 Å². The topological polar surface area (TPSA) is 90.7 Å². The molecule has 1 aliphatic heterocycles. The summed E-state index contributed by atoms with van der Waals surface area (Å²) in [5, 5.41) is 18.1. The van der Waals surface area contributed by atoms with Gasteiger partial charge in [0.15, 0.2) is 0 Å². The van der Waals surface area contributed by atoms with E-state index in [0.717, 1.165) is 0 Å². The molecule has 1 fully saturated rings. The van der Waals surface area contributed by atoms with Crippen molar-refractivity contribution in [2.45, 2.75) is 18.9 Å². The van der Waals surface area contributed by atoms with Crippen molar-refractivity contribution >= 4 is 11.9 Å². The second-order valence-electron chi connectivity index (χ2n) is 4.26. The van der Waals surface area contributed by atoms with Crippen LogP contribution in [0, 0.1) is 0 Å². The van der Waals surface area contributed by atoms with Gasteiger partial charge in [0.2, 0.25) is 0 Å². The van der Waals surface area contributed by atoms with Crippen molar-refractivity contribution in [2.24, 2.45) is 0 Å². The SMILES string of the molecule is O=C(O)c1ccc(C(=O)N2CCC(O)CC2)nc1. The van der Waals surface area contributed by atoms with E-state index in [4.69, 9.17) is 5.11 Å². The Bertz CT molecular complexity index is 450. The van der Waals surface area contributed by atoms with Gasteiger partial charge in [-0.3, -0.25) is 9.78 Å². The summed E-state index contributed by atoms with van der Waals surface area (Å²) in [7, 11) is 0. The van der Waals surface area contributed by atoms with E-state index in [-0.39, 0.29) is 23.3 Å². The third-order valence-electron chi connectivity index (χ3n) is 2.98. The molecule has 1 saturated heterocycles. The van der Waals surface area contributed by atoms with Gasteiger partial charge < -0.3 is 15.1 Å². The van der Waals surface area contributed by atoms with Gasteiger partial charge in [-0.2, -0.15) is 0 Å². The highest BCUT2D eigenvalue weighted by Crippen LogP contribution is 2.13. The molecule has 2 N–H and O–H groups in total. The Hall–Kier alpha value is -1.95. The van der Waals surface area contributed by atoms with Gasteiger partial charge in [-0.25, -0.2) is 4.79 Å². The molecule has 0 radical (unpaired) electrons. The average Bonchev–Trinajstić information content (AvgIpc) is 2.39. The van der Waals surface area contributed by atoms with E-state index in [9.17, 15) is 14.7 Å². The summed E-state index contributed by atoms with van der Waals surface area (Å²) in [4.78, 5) is 28.2. The summed E-state index contributed by atoms with van der Waals surface area (Å²) in [6.45, 7) is 1.00. The van der Waals surface area contributed by atoms with Crippen LogP contribution in [-0.2, 0) is 0 Å². The summed E-state index contributed by atoms with van der Waals surface area (Å²) in [5.74, 6) is -1.29. The normalized spacial score (nSPS) is 16.6. The number of pyridine rings is 1. The van der Waals surface area contributed by atoms with Gasteiger partial charge in [0.1, 0.15) is 5.69 Å². The molecular formula is C12H14N2O4. The number of carbonyl (C=O) groups is 2. The summed E-state index contributed by atoms with van der Waals surface area (Å²) in [6.07, 6.45) is 1.98. The van der Waals surface area contributed by atoms with Crippen LogP contribution in [0.4, 0.5) is 0 Å². The number of rotatable bonds is 2.